The van der Waals surface area contributed by atoms with Crippen LogP contribution in [0.15, 0.2) is 53.1 Å². The molecule has 0 radical (unpaired) electrons. The third-order valence-electron chi connectivity index (χ3n) is 7.03. The van der Waals surface area contributed by atoms with Crippen LogP contribution in [0.3, 0.4) is 0 Å². The lowest BCUT2D eigenvalue weighted by molar-refractivity contribution is -0.138. The Kier molecular flexibility index (Phi) is 7.49. The lowest BCUT2D eigenvalue weighted by Crippen LogP contribution is -2.58. The molecule has 0 spiro atoms. The minimum Gasteiger partial charge on any atom is -0.495 e. The van der Waals surface area contributed by atoms with E-state index in [4.69, 9.17) is 14.5 Å². The standard InChI is InChI=1S/C27H28F3N5O4S/c1-16-15-33(7-8-34(16)18-11-19(38-2)14-31-13-18)26-32-20-6-9-40-25(20)22(12-24(36)37)35(26)21-10-17(27(28,29)30)4-5-23(21)39-3/h4-6,9-11,13-14,16,22H,7-8,12,15H2,1-3H3,(H,36,37). The van der Waals surface area contributed by atoms with Gasteiger partial charge in [-0.1, -0.05) is 0 Å². The number of pyridine rings is 1. The molecule has 0 amide bonds. The molecule has 0 bridgehead atoms. The summed E-state index contributed by atoms with van der Waals surface area (Å²) >= 11 is 1.33. The summed E-state index contributed by atoms with van der Waals surface area (Å²) in [6, 6.07) is 6.10. The number of carboxylic acids is 1. The Morgan fingerprint density at radius 3 is 2.62 bits per heavy atom. The van der Waals surface area contributed by atoms with Crippen LogP contribution in [0, 0.1) is 0 Å². The number of nitrogens with zero attached hydrogens (tertiary/aromatic N) is 5. The van der Waals surface area contributed by atoms with Gasteiger partial charge in [-0.05, 0) is 36.6 Å². The zero-order chi connectivity index (χ0) is 28.6. The number of alkyl halides is 3. The summed E-state index contributed by atoms with van der Waals surface area (Å²) in [7, 11) is 2.95. The van der Waals surface area contributed by atoms with Crippen molar-refractivity contribution >= 4 is 40.3 Å². The number of carbonyl (C=O) groups is 1. The summed E-state index contributed by atoms with van der Waals surface area (Å²) in [5.74, 6) is 0.119. The van der Waals surface area contributed by atoms with E-state index >= 15 is 0 Å². The molecule has 2 atom stereocenters. The number of thiophene rings is 1. The summed E-state index contributed by atoms with van der Waals surface area (Å²) < 4.78 is 52.3. The average molecular weight is 576 g/mol. The van der Waals surface area contributed by atoms with E-state index in [9.17, 15) is 23.1 Å². The number of ether oxygens (including phenoxy) is 2. The number of carboxylic acid groups (broad SMARTS) is 1. The first-order valence-corrected chi connectivity index (χ1v) is 13.4. The van der Waals surface area contributed by atoms with Gasteiger partial charge in [0.15, 0.2) is 0 Å². The molecule has 3 aromatic rings. The smallest absolute Gasteiger partial charge is 0.416 e. The molecule has 1 N–H and O–H groups in total. The number of methoxy groups -OCH3 is 2. The predicted octanol–water partition coefficient (Wildman–Crippen LogP) is 5.41. The molecule has 5 rings (SSSR count). The molecule has 2 aliphatic heterocycles. The number of piperazine rings is 1. The first-order valence-electron chi connectivity index (χ1n) is 12.5. The lowest BCUT2D eigenvalue weighted by atomic mass is 10.0. The highest BCUT2D eigenvalue weighted by Gasteiger charge is 2.41. The Morgan fingerprint density at radius 2 is 1.95 bits per heavy atom. The third kappa shape index (κ3) is 5.25. The minimum atomic E-state index is -4.60. The predicted molar refractivity (Wildman–Crippen MR) is 146 cm³/mol. The van der Waals surface area contributed by atoms with E-state index in [0.717, 1.165) is 17.8 Å². The Balaban J connectivity index is 1.58. The zero-order valence-corrected chi connectivity index (χ0v) is 22.9. The number of guanidine groups is 1. The van der Waals surface area contributed by atoms with Crippen molar-refractivity contribution in [3.05, 3.63) is 58.5 Å². The van der Waals surface area contributed by atoms with Gasteiger partial charge in [0.1, 0.15) is 11.5 Å². The Hall–Kier alpha value is -4.00. The van der Waals surface area contributed by atoms with Gasteiger partial charge < -0.3 is 24.4 Å². The van der Waals surface area contributed by atoms with E-state index in [0.29, 0.717) is 41.9 Å². The molecule has 2 aromatic heterocycles. The molecule has 1 saturated heterocycles. The third-order valence-corrected chi connectivity index (χ3v) is 8.04. The van der Waals surface area contributed by atoms with Crippen LogP contribution in [0.2, 0.25) is 0 Å². The maximum absolute atomic E-state index is 13.8. The Labute approximate surface area is 233 Å². The van der Waals surface area contributed by atoms with Gasteiger partial charge in [-0.3, -0.25) is 14.7 Å². The molecule has 0 saturated carbocycles. The molecule has 4 heterocycles. The molecule has 1 aromatic carbocycles. The Bertz CT molecular complexity index is 1430. The second kappa shape index (κ2) is 10.9. The minimum absolute atomic E-state index is 0.0302. The maximum atomic E-state index is 13.8. The molecular weight excluding hydrogens is 547 g/mol. The van der Waals surface area contributed by atoms with E-state index < -0.39 is 23.8 Å². The molecule has 212 valence electrons. The van der Waals surface area contributed by atoms with E-state index in [2.05, 4.69) is 9.88 Å². The molecule has 2 unspecified atom stereocenters. The van der Waals surface area contributed by atoms with Gasteiger partial charge in [-0.25, -0.2) is 4.99 Å². The summed E-state index contributed by atoms with van der Waals surface area (Å²) in [5, 5.41) is 11.6. The highest BCUT2D eigenvalue weighted by molar-refractivity contribution is 7.10. The number of halogens is 3. The number of rotatable bonds is 6. The van der Waals surface area contributed by atoms with Gasteiger partial charge in [0.05, 0.1) is 66.6 Å². The van der Waals surface area contributed by atoms with Gasteiger partial charge in [-0.2, -0.15) is 13.2 Å². The maximum Gasteiger partial charge on any atom is 0.416 e. The Morgan fingerprint density at radius 1 is 1.15 bits per heavy atom. The molecule has 2 aliphatic rings. The monoisotopic (exact) mass is 575 g/mol. The van der Waals surface area contributed by atoms with Crippen molar-refractivity contribution in [2.24, 2.45) is 4.99 Å². The summed E-state index contributed by atoms with van der Waals surface area (Å²) in [6.07, 6.45) is -1.55. The zero-order valence-electron chi connectivity index (χ0n) is 22.1. The van der Waals surface area contributed by atoms with E-state index in [-0.39, 0.29) is 23.9 Å². The number of benzene rings is 1. The second-order valence-electron chi connectivity index (χ2n) is 9.52. The first kappa shape index (κ1) is 27.6. The molecular formula is C27H28F3N5O4S. The number of fused-ring (bicyclic) bond motifs is 1. The van der Waals surface area contributed by atoms with Gasteiger partial charge in [-0.15, -0.1) is 11.3 Å². The van der Waals surface area contributed by atoms with Crippen molar-refractivity contribution in [2.75, 3.05) is 43.7 Å². The quantitative estimate of drug-likeness (QED) is 0.417. The number of hydrogen-bond donors (Lipinski definition) is 1. The van der Waals surface area contributed by atoms with Crippen molar-refractivity contribution < 1.29 is 32.5 Å². The number of hydrogen-bond acceptors (Lipinski definition) is 9. The molecule has 9 nitrogen and oxygen atoms in total. The van der Waals surface area contributed by atoms with Gasteiger partial charge in [0.2, 0.25) is 5.96 Å². The van der Waals surface area contributed by atoms with Crippen molar-refractivity contribution in [2.45, 2.75) is 31.6 Å². The van der Waals surface area contributed by atoms with Crippen LogP contribution < -0.4 is 19.3 Å². The second-order valence-corrected chi connectivity index (χ2v) is 10.5. The topological polar surface area (TPSA) is 90.7 Å². The van der Waals surface area contributed by atoms with E-state index in [1.54, 1.807) is 30.5 Å². The number of anilines is 2. The highest BCUT2D eigenvalue weighted by Crippen LogP contribution is 2.47. The van der Waals surface area contributed by atoms with Crippen LogP contribution in [0.5, 0.6) is 11.5 Å². The summed E-state index contributed by atoms with van der Waals surface area (Å²) in [4.78, 5) is 27.6. The summed E-state index contributed by atoms with van der Waals surface area (Å²) in [6.45, 7) is 3.57. The largest absolute Gasteiger partial charge is 0.495 e. The van der Waals surface area contributed by atoms with Crippen LogP contribution in [0.4, 0.5) is 30.2 Å². The average Bonchev–Trinajstić information content (AvgIpc) is 3.40. The normalized spacial score (nSPS) is 19.2. The first-order chi connectivity index (χ1) is 19.1. The van der Waals surface area contributed by atoms with Crippen molar-refractivity contribution in [1.82, 2.24) is 9.88 Å². The van der Waals surface area contributed by atoms with E-state index in [1.165, 1.54) is 24.5 Å². The molecule has 13 heteroatoms. The van der Waals surface area contributed by atoms with Crippen molar-refractivity contribution in [3.63, 3.8) is 0 Å². The van der Waals surface area contributed by atoms with Gasteiger partial charge >= 0.3 is 12.1 Å². The number of aromatic nitrogens is 1. The fourth-order valence-corrected chi connectivity index (χ4v) is 6.10. The molecule has 0 aliphatic carbocycles. The van der Waals surface area contributed by atoms with E-state index in [1.807, 2.05) is 23.3 Å². The molecule has 1 fully saturated rings. The molecule has 40 heavy (non-hydrogen) atoms. The van der Waals surface area contributed by atoms with Crippen LogP contribution >= 0.6 is 11.3 Å². The summed E-state index contributed by atoms with van der Waals surface area (Å²) in [5.41, 5.74) is 0.740. The van der Waals surface area contributed by atoms with Crippen LogP contribution in [0.1, 0.15) is 29.8 Å². The SMILES string of the molecule is COc1cncc(N2CCN(C3=Nc4ccsc4C(CC(=O)O)N3c3cc(C(F)(F)F)ccc3OC)CC2C)c1. The fourth-order valence-electron chi connectivity index (χ4n) is 5.18. The lowest BCUT2D eigenvalue weighted by Gasteiger charge is -2.47. The number of aliphatic carboxylic acids is 1. The van der Waals surface area contributed by atoms with Crippen LogP contribution in [-0.2, 0) is 11.0 Å². The highest BCUT2D eigenvalue weighted by atomic mass is 32.1. The van der Waals surface area contributed by atoms with Crippen molar-refractivity contribution in [3.8, 4) is 11.5 Å². The van der Waals surface area contributed by atoms with Crippen LogP contribution in [0.25, 0.3) is 0 Å². The van der Waals surface area contributed by atoms with Crippen molar-refractivity contribution in [1.29, 1.82) is 0 Å². The van der Waals surface area contributed by atoms with Gasteiger partial charge in [0, 0.05) is 31.7 Å². The van der Waals surface area contributed by atoms with Gasteiger partial charge in [0.25, 0.3) is 0 Å². The number of aliphatic imine (C=N–C) groups is 1. The van der Waals surface area contributed by atoms with Crippen LogP contribution in [-0.4, -0.2) is 66.8 Å². The fraction of sp³-hybridized carbons (Fsp3) is 0.370.